The second-order valence-electron chi connectivity index (χ2n) is 8.08. The number of aromatic nitrogens is 2. The molecule has 30 heavy (non-hydrogen) atoms. The molecular formula is C25H28N4O. The lowest BCUT2D eigenvalue weighted by atomic mass is 10.0. The Morgan fingerprint density at radius 2 is 2.13 bits per heavy atom. The number of nitrogens with one attached hydrogen (secondary N) is 1. The van der Waals surface area contributed by atoms with E-state index in [4.69, 9.17) is 4.98 Å². The number of pyridine rings is 2. The van der Waals surface area contributed by atoms with Crippen LogP contribution < -0.4 is 5.32 Å². The third-order valence-corrected chi connectivity index (χ3v) is 5.64. The Balaban J connectivity index is 1.28. The van der Waals surface area contributed by atoms with Gasteiger partial charge in [0, 0.05) is 23.8 Å². The van der Waals surface area contributed by atoms with Gasteiger partial charge in [-0.05, 0) is 73.9 Å². The Labute approximate surface area is 177 Å². The summed E-state index contributed by atoms with van der Waals surface area (Å²) in [6.07, 6.45) is 11.6. The molecule has 0 amide bonds. The summed E-state index contributed by atoms with van der Waals surface area (Å²) in [5.74, 6) is 1.05. The number of nitroso groups, excluding NO2 is 1. The van der Waals surface area contributed by atoms with Crippen LogP contribution in [0.5, 0.6) is 0 Å². The third-order valence-electron chi connectivity index (χ3n) is 5.64. The van der Waals surface area contributed by atoms with Gasteiger partial charge in [0.05, 0.1) is 5.52 Å². The van der Waals surface area contributed by atoms with Gasteiger partial charge in [0.15, 0.2) is 0 Å². The molecule has 0 fully saturated rings. The molecule has 1 aromatic carbocycles. The zero-order chi connectivity index (χ0) is 20.8. The minimum Gasteiger partial charge on any atom is -0.370 e. The van der Waals surface area contributed by atoms with E-state index in [1.54, 1.807) is 0 Å². The smallest absolute Gasteiger partial charge is 0.129 e. The van der Waals surface area contributed by atoms with Crippen molar-refractivity contribution in [3.05, 3.63) is 76.0 Å². The Kier molecular flexibility index (Phi) is 6.47. The van der Waals surface area contributed by atoms with Crippen LogP contribution in [0.2, 0.25) is 0 Å². The maximum atomic E-state index is 11.3. The Morgan fingerprint density at radius 3 is 3.03 bits per heavy atom. The van der Waals surface area contributed by atoms with Crippen LogP contribution in [-0.4, -0.2) is 22.6 Å². The SMILES string of the molecule is Cc1ccc2cc(/C=C/C(CCCCc3ccc4c(n3)NCCC4)N=O)cnc2c1. The maximum absolute atomic E-state index is 11.3. The van der Waals surface area contributed by atoms with Crippen molar-refractivity contribution in [3.63, 3.8) is 0 Å². The number of hydrogen-bond acceptors (Lipinski definition) is 5. The van der Waals surface area contributed by atoms with Crippen LogP contribution in [0.25, 0.3) is 17.0 Å². The van der Waals surface area contributed by atoms with Crippen molar-refractivity contribution in [1.29, 1.82) is 0 Å². The normalized spacial score (nSPS) is 14.4. The Bertz CT molecular complexity index is 1060. The van der Waals surface area contributed by atoms with Gasteiger partial charge in [-0.25, -0.2) is 4.98 Å². The van der Waals surface area contributed by atoms with Gasteiger partial charge >= 0.3 is 0 Å². The molecule has 0 spiro atoms. The number of hydrogen-bond donors (Lipinski definition) is 1. The van der Waals surface area contributed by atoms with Gasteiger partial charge in [-0.1, -0.05) is 41.9 Å². The van der Waals surface area contributed by atoms with E-state index in [0.29, 0.717) is 0 Å². The fourth-order valence-corrected chi connectivity index (χ4v) is 3.91. The lowest BCUT2D eigenvalue weighted by Crippen LogP contribution is -2.14. The van der Waals surface area contributed by atoms with Crippen LogP contribution in [0, 0.1) is 11.8 Å². The van der Waals surface area contributed by atoms with Crippen LogP contribution >= 0.6 is 0 Å². The van der Waals surface area contributed by atoms with Crippen molar-refractivity contribution in [2.75, 3.05) is 11.9 Å². The lowest BCUT2D eigenvalue weighted by molar-refractivity contribution is 0.626. The predicted octanol–water partition coefficient (Wildman–Crippen LogP) is 5.86. The molecule has 3 heterocycles. The molecule has 1 unspecified atom stereocenters. The summed E-state index contributed by atoms with van der Waals surface area (Å²) in [6.45, 7) is 3.07. The van der Waals surface area contributed by atoms with Crippen molar-refractivity contribution in [1.82, 2.24) is 9.97 Å². The molecule has 2 aromatic heterocycles. The van der Waals surface area contributed by atoms with E-state index >= 15 is 0 Å². The first kappa shape index (κ1) is 20.2. The van der Waals surface area contributed by atoms with E-state index in [1.165, 1.54) is 17.5 Å². The molecular weight excluding hydrogens is 372 g/mol. The average Bonchev–Trinajstić information content (AvgIpc) is 2.78. The number of aryl methyl sites for hydroxylation is 3. The number of fused-ring (bicyclic) bond motifs is 2. The molecule has 1 N–H and O–H groups in total. The van der Waals surface area contributed by atoms with Gasteiger partial charge in [-0.15, -0.1) is 0 Å². The summed E-state index contributed by atoms with van der Waals surface area (Å²) >= 11 is 0. The summed E-state index contributed by atoms with van der Waals surface area (Å²) in [5, 5.41) is 7.78. The highest BCUT2D eigenvalue weighted by Gasteiger charge is 2.10. The monoisotopic (exact) mass is 400 g/mol. The van der Waals surface area contributed by atoms with E-state index < -0.39 is 0 Å². The number of rotatable bonds is 8. The fraction of sp³-hybridized carbons (Fsp3) is 0.360. The topological polar surface area (TPSA) is 67.2 Å². The van der Waals surface area contributed by atoms with Crippen molar-refractivity contribution in [2.45, 2.75) is 51.5 Å². The fourth-order valence-electron chi connectivity index (χ4n) is 3.91. The van der Waals surface area contributed by atoms with Gasteiger partial charge in [0.25, 0.3) is 0 Å². The zero-order valence-corrected chi connectivity index (χ0v) is 17.5. The molecule has 5 nitrogen and oxygen atoms in total. The van der Waals surface area contributed by atoms with E-state index in [2.05, 4.69) is 58.8 Å². The zero-order valence-electron chi connectivity index (χ0n) is 17.5. The molecule has 4 rings (SSSR count). The molecule has 1 aliphatic heterocycles. The van der Waals surface area contributed by atoms with E-state index in [1.807, 2.05) is 18.3 Å². The molecule has 0 bridgehead atoms. The second kappa shape index (κ2) is 9.61. The predicted molar refractivity (Wildman–Crippen MR) is 124 cm³/mol. The Hall–Kier alpha value is -3.08. The number of anilines is 1. The maximum Gasteiger partial charge on any atom is 0.129 e. The lowest BCUT2D eigenvalue weighted by Gasteiger charge is -2.17. The highest BCUT2D eigenvalue weighted by atomic mass is 16.3. The van der Waals surface area contributed by atoms with Crippen molar-refractivity contribution in [3.8, 4) is 0 Å². The summed E-state index contributed by atoms with van der Waals surface area (Å²) in [7, 11) is 0. The largest absolute Gasteiger partial charge is 0.370 e. The highest BCUT2D eigenvalue weighted by molar-refractivity contribution is 5.81. The third kappa shape index (κ3) is 5.09. The van der Waals surface area contributed by atoms with Gasteiger partial charge < -0.3 is 5.32 Å². The molecule has 0 aliphatic carbocycles. The molecule has 0 saturated carbocycles. The summed E-state index contributed by atoms with van der Waals surface area (Å²) in [5.41, 5.74) is 5.62. The molecule has 0 saturated heterocycles. The van der Waals surface area contributed by atoms with Gasteiger partial charge in [-0.2, -0.15) is 4.91 Å². The molecule has 5 heteroatoms. The molecule has 1 aliphatic rings. The van der Waals surface area contributed by atoms with Crippen LogP contribution in [-0.2, 0) is 12.8 Å². The standard InChI is InChI=1S/C25H28N4O/c1-18-8-10-21-16-19(17-27-24(21)15-18)9-12-23(29-30)7-3-2-6-22-13-11-20-5-4-14-26-25(20)28-22/h8-13,15-17,23H,2-7,14H2,1H3,(H,26,28)/b12-9+. The van der Waals surface area contributed by atoms with Crippen molar-refractivity contribution >= 4 is 22.8 Å². The van der Waals surface area contributed by atoms with E-state index in [-0.39, 0.29) is 6.04 Å². The number of nitrogens with zero attached hydrogens (tertiary/aromatic N) is 3. The summed E-state index contributed by atoms with van der Waals surface area (Å²) < 4.78 is 0. The van der Waals surface area contributed by atoms with Crippen molar-refractivity contribution < 1.29 is 0 Å². The average molecular weight is 401 g/mol. The quantitative estimate of drug-likeness (QED) is 0.380. The minimum atomic E-state index is -0.308. The highest BCUT2D eigenvalue weighted by Crippen LogP contribution is 2.21. The first-order valence-electron chi connectivity index (χ1n) is 10.8. The van der Waals surface area contributed by atoms with Crippen LogP contribution in [0.3, 0.4) is 0 Å². The molecule has 3 aromatic rings. The number of unbranched alkanes of at least 4 members (excludes halogenated alkanes) is 1. The van der Waals surface area contributed by atoms with E-state index in [0.717, 1.165) is 66.6 Å². The van der Waals surface area contributed by atoms with Gasteiger partial charge in [-0.3, -0.25) is 4.98 Å². The van der Waals surface area contributed by atoms with E-state index in [9.17, 15) is 4.91 Å². The summed E-state index contributed by atoms with van der Waals surface area (Å²) in [6, 6.07) is 12.4. The molecule has 1 atom stereocenters. The second-order valence-corrected chi connectivity index (χ2v) is 8.08. The van der Waals surface area contributed by atoms with Crippen LogP contribution in [0.1, 0.15) is 48.1 Å². The van der Waals surface area contributed by atoms with Crippen LogP contribution in [0.4, 0.5) is 5.82 Å². The summed E-state index contributed by atoms with van der Waals surface area (Å²) in [4.78, 5) is 20.5. The van der Waals surface area contributed by atoms with Crippen molar-refractivity contribution in [2.24, 2.45) is 5.18 Å². The minimum absolute atomic E-state index is 0.308. The van der Waals surface area contributed by atoms with Gasteiger partial charge in [0.2, 0.25) is 0 Å². The first-order valence-corrected chi connectivity index (χ1v) is 10.8. The molecule has 0 radical (unpaired) electrons. The van der Waals surface area contributed by atoms with Gasteiger partial charge in [0.1, 0.15) is 11.9 Å². The Morgan fingerprint density at radius 1 is 1.20 bits per heavy atom. The number of benzene rings is 1. The first-order chi connectivity index (χ1) is 14.7. The van der Waals surface area contributed by atoms with Crippen LogP contribution in [0.15, 0.2) is 53.8 Å². The molecule has 154 valence electrons.